The van der Waals surface area contributed by atoms with Crippen LogP contribution in [-0.4, -0.2) is 23.4 Å². The van der Waals surface area contributed by atoms with Gasteiger partial charge >= 0.3 is 0 Å². The summed E-state index contributed by atoms with van der Waals surface area (Å²) >= 11 is 0. The Balaban J connectivity index is 1.90. The summed E-state index contributed by atoms with van der Waals surface area (Å²) in [5.74, 6) is 1.06. The molecule has 0 radical (unpaired) electrons. The maximum atomic E-state index is 9.40. The van der Waals surface area contributed by atoms with Gasteiger partial charge in [0.05, 0.1) is 6.61 Å². The lowest BCUT2D eigenvalue weighted by Gasteiger charge is -2.11. The molecule has 0 spiro atoms. The Morgan fingerprint density at radius 1 is 1.00 bits per heavy atom. The number of rotatable bonds is 7. The van der Waals surface area contributed by atoms with E-state index >= 15 is 0 Å². The molecule has 0 unspecified atom stereocenters. The highest BCUT2D eigenvalue weighted by Gasteiger charge is 2.02. The van der Waals surface area contributed by atoms with E-state index in [0.29, 0.717) is 19.7 Å². The van der Waals surface area contributed by atoms with Crippen LogP contribution in [0.2, 0.25) is 0 Å². The topological polar surface area (TPSA) is 61.7 Å². The molecule has 0 fully saturated rings. The van der Waals surface area contributed by atoms with Crippen molar-refractivity contribution in [1.29, 1.82) is 0 Å². The summed E-state index contributed by atoms with van der Waals surface area (Å²) in [6.45, 7) is 1.63. The second kappa shape index (κ2) is 7.53. The second-order valence-corrected chi connectivity index (χ2v) is 4.45. The molecule has 0 aliphatic rings. The van der Waals surface area contributed by atoms with E-state index in [1.54, 1.807) is 12.1 Å². The van der Waals surface area contributed by atoms with Crippen molar-refractivity contribution >= 4 is 0 Å². The van der Waals surface area contributed by atoms with Crippen LogP contribution in [0.3, 0.4) is 0 Å². The molecule has 0 saturated heterocycles. The third-order valence-electron chi connectivity index (χ3n) is 2.88. The molecule has 4 heteroatoms. The number of nitrogens with one attached hydrogen (secondary N) is 1. The Morgan fingerprint density at radius 2 is 1.85 bits per heavy atom. The Morgan fingerprint density at radius 3 is 2.65 bits per heavy atom. The molecule has 3 N–H and O–H groups in total. The van der Waals surface area contributed by atoms with Crippen LogP contribution in [0, 0.1) is 0 Å². The summed E-state index contributed by atoms with van der Waals surface area (Å²) < 4.78 is 5.48. The van der Waals surface area contributed by atoms with E-state index in [9.17, 15) is 5.11 Å². The number of ether oxygens (including phenoxy) is 1. The fourth-order valence-electron chi connectivity index (χ4n) is 1.95. The zero-order valence-electron chi connectivity index (χ0n) is 11.2. The number of hydrogen-bond donors (Lipinski definition) is 3. The van der Waals surface area contributed by atoms with Gasteiger partial charge < -0.3 is 20.3 Å². The van der Waals surface area contributed by atoms with E-state index in [-0.39, 0.29) is 12.4 Å². The highest BCUT2D eigenvalue weighted by molar-refractivity contribution is 5.33. The van der Waals surface area contributed by atoms with E-state index < -0.39 is 0 Å². The number of aliphatic hydroxyl groups excluding tert-OH is 1. The zero-order valence-corrected chi connectivity index (χ0v) is 11.2. The van der Waals surface area contributed by atoms with Crippen LogP contribution in [0.1, 0.15) is 11.1 Å². The predicted octanol–water partition coefficient (Wildman–Crippen LogP) is 2.05. The quantitative estimate of drug-likeness (QED) is 0.722. The lowest BCUT2D eigenvalue weighted by Crippen LogP contribution is -2.14. The first-order valence-corrected chi connectivity index (χ1v) is 6.60. The molecule has 20 heavy (non-hydrogen) atoms. The summed E-state index contributed by atoms with van der Waals surface area (Å²) in [6, 6.07) is 14.9. The van der Waals surface area contributed by atoms with Gasteiger partial charge in [0.2, 0.25) is 0 Å². The van der Waals surface area contributed by atoms with Gasteiger partial charge in [-0.25, -0.2) is 0 Å². The third kappa shape index (κ3) is 4.26. The number of hydrogen-bond acceptors (Lipinski definition) is 4. The van der Waals surface area contributed by atoms with Crippen molar-refractivity contribution in [2.75, 3.05) is 13.2 Å². The number of phenols is 1. The van der Waals surface area contributed by atoms with E-state index in [1.807, 2.05) is 36.4 Å². The standard InChI is InChI=1S/C16H19NO3/c18-8-9-20-16-7-2-1-5-14(16)12-17-11-13-4-3-6-15(19)10-13/h1-7,10,17-19H,8-9,11-12H2. The summed E-state index contributed by atoms with van der Waals surface area (Å²) in [5.41, 5.74) is 2.07. The van der Waals surface area contributed by atoms with Crippen LogP contribution in [-0.2, 0) is 13.1 Å². The lowest BCUT2D eigenvalue weighted by atomic mass is 10.2. The Kier molecular flexibility index (Phi) is 5.41. The van der Waals surface area contributed by atoms with Crippen molar-refractivity contribution in [1.82, 2.24) is 5.32 Å². The van der Waals surface area contributed by atoms with Gasteiger partial charge in [0.25, 0.3) is 0 Å². The first-order chi connectivity index (χ1) is 9.79. The average Bonchev–Trinajstić information content (AvgIpc) is 2.46. The Hall–Kier alpha value is -2.04. The van der Waals surface area contributed by atoms with Crippen LogP contribution in [0.25, 0.3) is 0 Å². The number of para-hydroxylation sites is 1. The van der Waals surface area contributed by atoms with Crippen molar-refractivity contribution < 1.29 is 14.9 Å². The van der Waals surface area contributed by atoms with Gasteiger partial charge in [0.1, 0.15) is 18.1 Å². The van der Waals surface area contributed by atoms with Crippen molar-refractivity contribution in [3.05, 3.63) is 59.7 Å². The predicted molar refractivity (Wildman–Crippen MR) is 77.7 cm³/mol. The number of aliphatic hydroxyl groups is 1. The Labute approximate surface area is 118 Å². The summed E-state index contributed by atoms with van der Waals surface area (Å²) in [7, 11) is 0. The van der Waals surface area contributed by atoms with Crippen LogP contribution in [0.4, 0.5) is 0 Å². The normalized spacial score (nSPS) is 10.4. The van der Waals surface area contributed by atoms with Gasteiger partial charge in [-0.05, 0) is 23.8 Å². The van der Waals surface area contributed by atoms with Gasteiger partial charge in [-0.15, -0.1) is 0 Å². The molecule has 0 heterocycles. The monoisotopic (exact) mass is 273 g/mol. The Bertz CT molecular complexity index is 543. The molecule has 106 valence electrons. The molecule has 0 aliphatic carbocycles. The first kappa shape index (κ1) is 14.4. The molecular formula is C16H19NO3. The summed E-state index contributed by atoms with van der Waals surface area (Å²) in [5, 5.41) is 21.5. The third-order valence-corrected chi connectivity index (χ3v) is 2.88. The van der Waals surface area contributed by atoms with Crippen molar-refractivity contribution in [2.45, 2.75) is 13.1 Å². The first-order valence-electron chi connectivity index (χ1n) is 6.60. The van der Waals surface area contributed by atoms with E-state index in [1.165, 1.54) is 0 Å². The molecule has 0 atom stereocenters. The van der Waals surface area contributed by atoms with Crippen LogP contribution in [0.15, 0.2) is 48.5 Å². The maximum Gasteiger partial charge on any atom is 0.123 e. The van der Waals surface area contributed by atoms with Crippen LogP contribution >= 0.6 is 0 Å². The van der Waals surface area contributed by atoms with Crippen molar-refractivity contribution in [3.8, 4) is 11.5 Å². The fourth-order valence-corrected chi connectivity index (χ4v) is 1.95. The smallest absolute Gasteiger partial charge is 0.123 e. The van der Waals surface area contributed by atoms with Crippen LogP contribution in [0.5, 0.6) is 11.5 Å². The molecule has 2 rings (SSSR count). The zero-order chi connectivity index (χ0) is 14.2. The number of benzene rings is 2. The largest absolute Gasteiger partial charge is 0.508 e. The molecule has 0 aliphatic heterocycles. The van der Waals surface area contributed by atoms with E-state index in [2.05, 4.69) is 5.32 Å². The number of aromatic hydroxyl groups is 1. The minimum absolute atomic E-state index is 0.00501. The molecule has 2 aromatic rings. The van der Waals surface area contributed by atoms with Crippen molar-refractivity contribution in [3.63, 3.8) is 0 Å². The highest BCUT2D eigenvalue weighted by Crippen LogP contribution is 2.18. The van der Waals surface area contributed by atoms with E-state index in [4.69, 9.17) is 9.84 Å². The maximum absolute atomic E-state index is 9.40. The van der Waals surface area contributed by atoms with Gasteiger partial charge in [-0.2, -0.15) is 0 Å². The molecule has 0 aromatic heterocycles. The molecule has 2 aromatic carbocycles. The van der Waals surface area contributed by atoms with Crippen molar-refractivity contribution in [2.24, 2.45) is 0 Å². The second-order valence-electron chi connectivity index (χ2n) is 4.45. The van der Waals surface area contributed by atoms with Crippen LogP contribution < -0.4 is 10.1 Å². The minimum Gasteiger partial charge on any atom is -0.508 e. The average molecular weight is 273 g/mol. The fraction of sp³-hybridized carbons (Fsp3) is 0.250. The molecule has 0 bridgehead atoms. The van der Waals surface area contributed by atoms with Gasteiger partial charge in [-0.1, -0.05) is 30.3 Å². The summed E-state index contributed by atoms with van der Waals surface area (Å²) in [6.07, 6.45) is 0. The molecular weight excluding hydrogens is 254 g/mol. The molecule has 0 amide bonds. The van der Waals surface area contributed by atoms with Gasteiger partial charge in [0, 0.05) is 18.7 Å². The van der Waals surface area contributed by atoms with Gasteiger partial charge in [-0.3, -0.25) is 0 Å². The highest BCUT2D eigenvalue weighted by atomic mass is 16.5. The lowest BCUT2D eigenvalue weighted by molar-refractivity contribution is 0.200. The summed E-state index contributed by atoms with van der Waals surface area (Å²) in [4.78, 5) is 0. The number of phenolic OH excluding ortho intramolecular Hbond substituents is 1. The SMILES string of the molecule is OCCOc1ccccc1CNCc1cccc(O)c1. The van der Waals surface area contributed by atoms with E-state index in [0.717, 1.165) is 16.9 Å². The molecule has 4 nitrogen and oxygen atoms in total. The minimum atomic E-state index is 0.00501. The molecule has 0 saturated carbocycles. The van der Waals surface area contributed by atoms with Gasteiger partial charge in [0.15, 0.2) is 0 Å².